The number of ether oxygens (including phenoxy) is 1. The van der Waals surface area contributed by atoms with Gasteiger partial charge in [0.05, 0.1) is 6.10 Å². The van der Waals surface area contributed by atoms with E-state index < -0.39 is 0 Å². The van der Waals surface area contributed by atoms with Crippen molar-refractivity contribution in [1.29, 1.82) is 0 Å². The van der Waals surface area contributed by atoms with Gasteiger partial charge in [0.15, 0.2) is 0 Å². The van der Waals surface area contributed by atoms with Crippen LogP contribution in [0.15, 0.2) is 0 Å². The van der Waals surface area contributed by atoms with Crippen LogP contribution in [0.1, 0.15) is 47.0 Å². The fourth-order valence-electron chi connectivity index (χ4n) is 3.12. The van der Waals surface area contributed by atoms with Crippen LogP contribution in [0, 0.1) is 0 Å². The highest BCUT2D eigenvalue weighted by atomic mass is 16.5. The van der Waals surface area contributed by atoms with Crippen molar-refractivity contribution in [2.45, 2.75) is 59.1 Å². The summed E-state index contributed by atoms with van der Waals surface area (Å²) in [5.41, 5.74) is 0. The molecule has 1 N–H and O–H groups in total. The molecule has 4 nitrogen and oxygen atoms in total. The molecule has 0 spiro atoms. The molecule has 0 aromatic heterocycles. The molecule has 0 aromatic carbocycles. The molecule has 1 rings (SSSR count). The third-order valence-electron chi connectivity index (χ3n) is 4.68. The average molecular weight is 300 g/mol. The molecule has 1 aliphatic rings. The van der Waals surface area contributed by atoms with Crippen LogP contribution in [0.2, 0.25) is 0 Å². The maximum absolute atomic E-state index is 5.66. The lowest BCUT2D eigenvalue weighted by Gasteiger charge is -2.29. The minimum absolute atomic E-state index is 0.454. The van der Waals surface area contributed by atoms with Crippen LogP contribution in [-0.2, 0) is 4.74 Å². The number of rotatable bonds is 12. The van der Waals surface area contributed by atoms with E-state index in [4.69, 9.17) is 4.74 Å². The Kier molecular flexibility index (Phi) is 10.3. The molecule has 4 heteroatoms. The third-order valence-corrected chi connectivity index (χ3v) is 4.68. The summed E-state index contributed by atoms with van der Waals surface area (Å²) in [5, 5.41) is 3.59. The van der Waals surface area contributed by atoms with Gasteiger partial charge in [-0.3, -0.25) is 4.90 Å². The summed E-state index contributed by atoms with van der Waals surface area (Å²) in [6.45, 7) is 18.0. The molecule has 0 bridgehead atoms. The monoisotopic (exact) mass is 299 g/mol. The van der Waals surface area contributed by atoms with Crippen molar-refractivity contribution in [2.75, 3.05) is 52.4 Å². The van der Waals surface area contributed by atoms with Gasteiger partial charge in [-0.25, -0.2) is 0 Å². The number of nitrogens with one attached hydrogen (secondary N) is 1. The van der Waals surface area contributed by atoms with Crippen molar-refractivity contribution in [3.05, 3.63) is 0 Å². The first-order chi connectivity index (χ1) is 10.2. The van der Waals surface area contributed by atoms with E-state index >= 15 is 0 Å². The van der Waals surface area contributed by atoms with E-state index in [1.165, 1.54) is 45.4 Å². The normalized spacial score (nSPS) is 20.6. The lowest BCUT2D eigenvalue weighted by Crippen LogP contribution is -2.43. The van der Waals surface area contributed by atoms with Crippen molar-refractivity contribution >= 4 is 0 Å². The number of hydrogen-bond donors (Lipinski definition) is 1. The zero-order chi connectivity index (χ0) is 15.5. The molecule has 0 amide bonds. The molecule has 0 aromatic rings. The van der Waals surface area contributed by atoms with Gasteiger partial charge in [0.1, 0.15) is 0 Å². The van der Waals surface area contributed by atoms with E-state index in [0.29, 0.717) is 12.1 Å². The van der Waals surface area contributed by atoms with E-state index in [2.05, 4.69) is 42.8 Å². The Morgan fingerprint density at radius 3 is 2.48 bits per heavy atom. The Balaban J connectivity index is 2.14. The van der Waals surface area contributed by atoms with Crippen LogP contribution in [-0.4, -0.2) is 74.4 Å². The molecule has 2 atom stereocenters. The highest BCUT2D eigenvalue weighted by Crippen LogP contribution is 2.10. The first-order valence-corrected chi connectivity index (χ1v) is 8.99. The minimum atomic E-state index is 0.454. The SMILES string of the molecule is CCN(CC)CCCN(CC)C(C)CNCC1CCCO1. The fraction of sp³-hybridized carbons (Fsp3) is 1.00. The van der Waals surface area contributed by atoms with Gasteiger partial charge in [-0.15, -0.1) is 0 Å². The predicted molar refractivity (Wildman–Crippen MR) is 91.0 cm³/mol. The second-order valence-corrected chi connectivity index (χ2v) is 6.15. The Bertz CT molecular complexity index is 240. The van der Waals surface area contributed by atoms with Gasteiger partial charge >= 0.3 is 0 Å². The Morgan fingerprint density at radius 2 is 1.90 bits per heavy atom. The lowest BCUT2D eigenvalue weighted by molar-refractivity contribution is 0.107. The van der Waals surface area contributed by atoms with Gasteiger partial charge in [0.2, 0.25) is 0 Å². The molecule has 126 valence electrons. The third kappa shape index (κ3) is 7.59. The van der Waals surface area contributed by atoms with Crippen molar-refractivity contribution in [1.82, 2.24) is 15.1 Å². The minimum Gasteiger partial charge on any atom is -0.377 e. The van der Waals surface area contributed by atoms with E-state index in [1.807, 2.05) is 0 Å². The molecule has 2 unspecified atom stereocenters. The lowest BCUT2D eigenvalue weighted by atomic mass is 10.2. The Morgan fingerprint density at radius 1 is 1.14 bits per heavy atom. The van der Waals surface area contributed by atoms with Crippen LogP contribution in [0.4, 0.5) is 0 Å². The van der Waals surface area contributed by atoms with Crippen LogP contribution in [0.5, 0.6) is 0 Å². The smallest absolute Gasteiger partial charge is 0.0700 e. The summed E-state index contributed by atoms with van der Waals surface area (Å²) in [6, 6.07) is 0.605. The highest BCUT2D eigenvalue weighted by molar-refractivity contribution is 4.73. The largest absolute Gasteiger partial charge is 0.377 e. The maximum atomic E-state index is 5.66. The molecule has 1 fully saturated rings. The highest BCUT2D eigenvalue weighted by Gasteiger charge is 2.16. The van der Waals surface area contributed by atoms with Crippen molar-refractivity contribution in [2.24, 2.45) is 0 Å². The Labute approximate surface area is 132 Å². The molecule has 1 heterocycles. The van der Waals surface area contributed by atoms with Crippen LogP contribution in [0.3, 0.4) is 0 Å². The molecule has 21 heavy (non-hydrogen) atoms. The summed E-state index contributed by atoms with van der Waals surface area (Å²) < 4.78 is 5.66. The van der Waals surface area contributed by atoms with Crippen molar-refractivity contribution in [3.63, 3.8) is 0 Å². The second kappa shape index (κ2) is 11.4. The summed E-state index contributed by atoms with van der Waals surface area (Å²) in [7, 11) is 0. The fourth-order valence-corrected chi connectivity index (χ4v) is 3.12. The molecule has 0 saturated carbocycles. The number of nitrogens with zero attached hydrogens (tertiary/aromatic N) is 2. The Hall–Kier alpha value is -0.160. The van der Waals surface area contributed by atoms with Crippen LogP contribution in [0.25, 0.3) is 0 Å². The number of likely N-dealkylation sites (N-methyl/N-ethyl adjacent to an activating group) is 1. The van der Waals surface area contributed by atoms with Gasteiger partial charge < -0.3 is 15.0 Å². The average Bonchev–Trinajstić information content (AvgIpc) is 3.01. The van der Waals surface area contributed by atoms with Gasteiger partial charge in [-0.1, -0.05) is 20.8 Å². The quantitative estimate of drug-likeness (QED) is 0.598. The molecule has 0 aliphatic carbocycles. The van der Waals surface area contributed by atoms with Gasteiger partial charge in [0.25, 0.3) is 0 Å². The molecular formula is C17H37N3O. The zero-order valence-corrected chi connectivity index (χ0v) is 14.7. The van der Waals surface area contributed by atoms with Crippen molar-refractivity contribution < 1.29 is 4.74 Å². The van der Waals surface area contributed by atoms with E-state index in [0.717, 1.165) is 26.2 Å². The molecular weight excluding hydrogens is 262 g/mol. The maximum Gasteiger partial charge on any atom is 0.0700 e. The first kappa shape index (κ1) is 18.9. The summed E-state index contributed by atoms with van der Waals surface area (Å²) in [5.74, 6) is 0. The van der Waals surface area contributed by atoms with Crippen molar-refractivity contribution in [3.8, 4) is 0 Å². The van der Waals surface area contributed by atoms with Crippen LogP contribution >= 0.6 is 0 Å². The van der Waals surface area contributed by atoms with Gasteiger partial charge in [-0.2, -0.15) is 0 Å². The standard InChI is InChI=1S/C17H37N3O/c1-5-19(6-2)11-9-12-20(7-3)16(4)14-18-15-17-10-8-13-21-17/h16-18H,5-15H2,1-4H3. The van der Waals surface area contributed by atoms with Crippen LogP contribution < -0.4 is 5.32 Å². The number of hydrogen-bond acceptors (Lipinski definition) is 4. The first-order valence-electron chi connectivity index (χ1n) is 8.99. The molecule has 0 radical (unpaired) electrons. The van der Waals surface area contributed by atoms with Gasteiger partial charge in [0, 0.05) is 25.7 Å². The zero-order valence-electron chi connectivity index (χ0n) is 14.7. The van der Waals surface area contributed by atoms with E-state index in [1.54, 1.807) is 0 Å². The summed E-state index contributed by atoms with van der Waals surface area (Å²) in [6.07, 6.45) is 4.18. The second-order valence-electron chi connectivity index (χ2n) is 6.15. The summed E-state index contributed by atoms with van der Waals surface area (Å²) >= 11 is 0. The molecule has 1 aliphatic heterocycles. The van der Waals surface area contributed by atoms with E-state index in [-0.39, 0.29) is 0 Å². The summed E-state index contributed by atoms with van der Waals surface area (Å²) in [4.78, 5) is 5.10. The predicted octanol–water partition coefficient (Wildman–Crippen LogP) is 2.20. The topological polar surface area (TPSA) is 27.7 Å². The van der Waals surface area contributed by atoms with E-state index in [9.17, 15) is 0 Å². The van der Waals surface area contributed by atoms with Gasteiger partial charge in [-0.05, 0) is 58.9 Å². The molecule has 1 saturated heterocycles.